The fraction of sp³-hybridized carbons (Fsp3) is 0.538. The minimum Gasteiger partial charge on any atom is -0.506 e. The SMILES string of the molecule is CCCCC1(CCCC)CC(c2ccccc2)c2cc(N(C)C)c(O)cc2S(=O)(=O)C1. The van der Waals surface area contributed by atoms with Gasteiger partial charge < -0.3 is 10.0 Å². The molecule has 0 saturated carbocycles. The van der Waals surface area contributed by atoms with Crippen LogP contribution in [0.4, 0.5) is 5.69 Å². The molecular formula is C26H37NO3S. The summed E-state index contributed by atoms with van der Waals surface area (Å²) in [6.45, 7) is 4.34. The quantitative estimate of drug-likeness (QED) is 0.533. The second kappa shape index (κ2) is 9.64. The van der Waals surface area contributed by atoms with Gasteiger partial charge >= 0.3 is 0 Å². The summed E-state index contributed by atoms with van der Waals surface area (Å²) >= 11 is 0. The second-order valence-corrected chi connectivity index (χ2v) is 11.4. The third-order valence-corrected chi connectivity index (χ3v) is 8.77. The molecule has 1 aliphatic heterocycles. The Morgan fingerprint density at radius 1 is 1.03 bits per heavy atom. The van der Waals surface area contributed by atoms with E-state index in [1.165, 1.54) is 6.07 Å². The Labute approximate surface area is 188 Å². The number of phenols is 1. The molecule has 1 heterocycles. The Bertz CT molecular complexity index is 975. The summed E-state index contributed by atoms with van der Waals surface area (Å²) in [7, 11) is 0.213. The zero-order valence-electron chi connectivity index (χ0n) is 19.4. The van der Waals surface area contributed by atoms with Gasteiger partial charge in [-0.05, 0) is 41.9 Å². The Kier molecular flexibility index (Phi) is 7.35. The number of unbranched alkanes of at least 4 members (excludes halogenated alkanes) is 2. The predicted molar refractivity (Wildman–Crippen MR) is 129 cm³/mol. The molecule has 1 atom stereocenters. The Morgan fingerprint density at radius 2 is 1.65 bits per heavy atom. The van der Waals surface area contributed by atoms with Crippen LogP contribution in [0, 0.1) is 5.41 Å². The lowest BCUT2D eigenvalue weighted by atomic mass is 9.70. The molecule has 0 aliphatic carbocycles. The molecule has 0 saturated heterocycles. The standard InChI is InChI=1S/C26H37NO3S/c1-5-7-14-26(15-8-6-2)18-22(20-12-10-9-11-13-20)21-16-23(27(3)4)24(28)17-25(21)31(29,30)19-26/h9-13,16-17,22,28H,5-8,14-15,18-19H2,1-4H3. The smallest absolute Gasteiger partial charge is 0.179 e. The van der Waals surface area contributed by atoms with E-state index in [2.05, 4.69) is 26.0 Å². The topological polar surface area (TPSA) is 57.6 Å². The van der Waals surface area contributed by atoms with Crippen molar-refractivity contribution in [2.45, 2.75) is 69.6 Å². The van der Waals surface area contributed by atoms with Gasteiger partial charge in [0.05, 0.1) is 16.3 Å². The zero-order valence-corrected chi connectivity index (χ0v) is 20.2. The molecule has 3 rings (SSSR count). The van der Waals surface area contributed by atoms with E-state index in [9.17, 15) is 13.5 Å². The summed E-state index contributed by atoms with van der Waals surface area (Å²) in [6.07, 6.45) is 6.85. The van der Waals surface area contributed by atoms with Crippen LogP contribution in [0.2, 0.25) is 0 Å². The molecule has 0 amide bonds. The molecular weight excluding hydrogens is 406 g/mol. The van der Waals surface area contributed by atoms with Gasteiger partial charge in [0.25, 0.3) is 0 Å². The molecule has 1 N–H and O–H groups in total. The normalized spacial score (nSPS) is 19.4. The molecule has 2 aromatic rings. The van der Waals surface area contributed by atoms with Crippen LogP contribution < -0.4 is 4.90 Å². The molecule has 0 radical (unpaired) electrons. The highest BCUT2D eigenvalue weighted by Crippen LogP contribution is 2.50. The Hall–Kier alpha value is -2.01. The highest BCUT2D eigenvalue weighted by Gasteiger charge is 2.43. The second-order valence-electron chi connectivity index (χ2n) is 9.41. The average Bonchev–Trinajstić information content (AvgIpc) is 2.83. The van der Waals surface area contributed by atoms with E-state index in [-0.39, 0.29) is 22.8 Å². The monoisotopic (exact) mass is 443 g/mol. The van der Waals surface area contributed by atoms with Gasteiger partial charge in [-0.1, -0.05) is 69.9 Å². The van der Waals surface area contributed by atoms with Crippen LogP contribution in [0.1, 0.15) is 75.8 Å². The third-order valence-electron chi connectivity index (χ3n) is 6.76. The fourth-order valence-corrected chi connectivity index (χ4v) is 7.34. The molecule has 31 heavy (non-hydrogen) atoms. The van der Waals surface area contributed by atoms with Gasteiger partial charge in [-0.3, -0.25) is 0 Å². The molecule has 0 fully saturated rings. The van der Waals surface area contributed by atoms with E-state index in [1.807, 2.05) is 43.3 Å². The fourth-order valence-electron chi connectivity index (χ4n) is 5.12. The molecule has 2 aromatic carbocycles. The number of sulfone groups is 1. The van der Waals surface area contributed by atoms with Crippen molar-refractivity contribution in [3.05, 3.63) is 53.6 Å². The Balaban J connectivity index is 2.25. The maximum atomic E-state index is 13.7. The van der Waals surface area contributed by atoms with E-state index in [1.54, 1.807) is 0 Å². The maximum absolute atomic E-state index is 13.7. The molecule has 1 unspecified atom stereocenters. The van der Waals surface area contributed by atoms with Gasteiger partial charge in [0.15, 0.2) is 9.84 Å². The van der Waals surface area contributed by atoms with Crippen LogP contribution in [0.3, 0.4) is 0 Å². The molecule has 170 valence electrons. The lowest BCUT2D eigenvalue weighted by Gasteiger charge is -2.35. The van der Waals surface area contributed by atoms with Gasteiger partial charge in [0.1, 0.15) is 5.75 Å². The highest BCUT2D eigenvalue weighted by atomic mass is 32.2. The predicted octanol–water partition coefficient (Wildman–Crippen LogP) is 6.13. The van der Waals surface area contributed by atoms with Crippen molar-refractivity contribution in [1.82, 2.24) is 0 Å². The van der Waals surface area contributed by atoms with E-state index in [0.717, 1.165) is 56.1 Å². The number of phenolic OH excluding ortho intramolecular Hbond substituents is 1. The van der Waals surface area contributed by atoms with E-state index >= 15 is 0 Å². The maximum Gasteiger partial charge on any atom is 0.179 e. The van der Waals surface area contributed by atoms with Crippen molar-refractivity contribution in [2.75, 3.05) is 24.7 Å². The first-order valence-electron chi connectivity index (χ1n) is 11.5. The average molecular weight is 444 g/mol. The zero-order chi connectivity index (χ0) is 22.6. The minimum absolute atomic E-state index is 0.0125. The molecule has 0 aromatic heterocycles. The van der Waals surface area contributed by atoms with Crippen molar-refractivity contribution in [2.24, 2.45) is 5.41 Å². The molecule has 1 aliphatic rings. The number of anilines is 1. The van der Waals surface area contributed by atoms with Crippen molar-refractivity contribution in [3.63, 3.8) is 0 Å². The van der Waals surface area contributed by atoms with Crippen LogP contribution in [0.5, 0.6) is 5.75 Å². The van der Waals surface area contributed by atoms with Crippen molar-refractivity contribution in [1.29, 1.82) is 0 Å². The van der Waals surface area contributed by atoms with Gasteiger partial charge in [-0.15, -0.1) is 0 Å². The van der Waals surface area contributed by atoms with Gasteiger partial charge in [-0.2, -0.15) is 0 Å². The van der Waals surface area contributed by atoms with E-state index in [0.29, 0.717) is 10.6 Å². The first-order valence-corrected chi connectivity index (χ1v) is 13.2. The summed E-state index contributed by atoms with van der Waals surface area (Å²) in [5.74, 6) is 0.173. The first-order chi connectivity index (χ1) is 14.7. The van der Waals surface area contributed by atoms with Gasteiger partial charge in [0, 0.05) is 26.1 Å². The number of nitrogens with zero attached hydrogens (tertiary/aromatic N) is 1. The third kappa shape index (κ3) is 5.08. The number of hydrogen-bond donors (Lipinski definition) is 1. The molecule has 0 bridgehead atoms. The molecule has 4 nitrogen and oxygen atoms in total. The van der Waals surface area contributed by atoms with Crippen LogP contribution in [0.15, 0.2) is 47.4 Å². The minimum atomic E-state index is -3.53. The largest absolute Gasteiger partial charge is 0.506 e. The van der Waals surface area contributed by atoms with Gasteiger partial charge in [-0.25, -0.2) is 8.42 Å². The number of hydrogen-bond acceptors (Lipinski definition) is 4. The van der Waals surface area contributed by atoms with Crippen LogP contribution in [-0.2, 0) is 9.84 Å². The van der Waals surface area contributed by atoms with Crippen LogP contribution >= 0.6 is 0 Å². The number of benzene rings is 2. The first kappa shape index (κ1) is 23.6. The van der Waals surface area contributed by atoms with E-state index < -0.39 is 9.84 Å². The lowest BCUT2D eigenvalue weighted by molar-refractivity contribution is 0.230. The lowest BCUT2D eigenvalue weighted by Crippen LogP contribution is -2.30. The summed E-state index contributed by atoms with van der Waals surface area (Å²) in [5.41, 5.74) is 2.37. The number of aromatic hydroxyl groups is 1. The summed E-state index contributed by atoms with van der Waals surface area (Å²) in [5, 5.41) is 10.6. The van der Waals surface area contributed by atoms with Crippen LogP contribution in [-0.4, -0.2) is 33.4 Å². The number of rotatable bonds is 8. The summed E-state index contributed by atoms with van der Waals surface area (Å²) in [4.78, 5) is 2.15. The van der Waals surface area contributed by atoms with Crippen molar-refractivity contribution in [3.8, 4) is 5.75 Å². The Morgan fingerprint density at radius 3 is 2.19 bits per heavy atom. The van der Waals surface area contributed by atoms with Gasteiger partial charge in [0.2, 0.25) is 0 Å². The van der Waals surface area contributed by atoms with Crippen molar-refractivity contribution < 1.29 is 13.5 Å². The summed E-state index contributed by atoms with van der Waals surface area (Å²) in [6, 6.07) is 13.7. The summed E-state index contributed by atoms with van der Waals surface area (Å²) < 4.78 is 27.4. The van der Waals surface area contributed by atoms with Crippen molar-refractivity contribution >= 4 is 15.5 Å². The molecule has 0 spiro atoms. The van der Waals surface area contributed by atoms with E-state index in [4.69, 9.17) is 0 Å². The molecule has 5 heteroatoms. The highest BCUT2D eigenvalue weighted by molar-refractivity contribution is 7.91. The van der Waals surface area contributed by atoms with Crippen LogP contribution in [0.25, 0.3) is 0 Å². The number of fused-ring (bicyclic) bond motifs is 1.